The van der Waals surface area contributed by atoms with Gasteiger partial charge in [0.15, 0.2) is 0 Å². The summed E-state index contributed by atoms with van der Waals surface area (Å²) in [5, 5.41) is 2.93. The molecule has 3 nitrogen and oxygen atoms in total. The molecule has 1 aromatic rings. The molecule has 96 valence electrons. The van der Waals surface area contributed by atoms with Crippen LogP contribution in [-0.2, 0) is 0 Å². The Balaban J connectivity index is 2.55. The van der Waals surface area contributed by atoms with E-state index < -0.39 is 0 Å². The molecule has 0 aliphatic carbocycles. The predicted molar refractivity (Wildman–Crippen MR) is 70.6 cm³/mol. The number of hydrogen-bond donors (Lipinski definition) is 1. The molecule has 0 aliphatic heterocycles. The Hall–Kier alpha value is -1.22. The standard InChI is InChI=1S/C14H23NO2/c1-5-10-14(2,3)17-13-8-6-12(7-9-13)16-11-15-4/h6-9,15H,5,10-11H2,1-4H3. The van der Waals surface area contributed by atoms with Crippen molar-refractivity contribution < 1.29 is 9.47 Å². The summed E-state index contributed by atoms with van der Waals surface area (Å²) in [6.45, 7) is 6.91. The molecule has 0 spiro atoms. The van der Waals surface area contributed by atoms with Crippen LogP contribution in [0.2, 0.25) is 0 Å². The van der Waals surface area contributed by atoms with Gasteiger partial charge in [-0.15, -0.1) is 0 Å². The Labute approximate surface area is 104 Å². The van der Waals surface area contributed by atoms with E-state index in [1.165, 1.54) is 0 Å². The van der Waals surface area contributed by atoms with Gasteiger partial charge in [0.1, 0.15) is 23.8 Å². The molecule has 1 aromatic carbocycles. The predicted octanol–water partition coefficient (Wildman–Crippen LogP) is 3.20. The number of benzene rings is 1. The number of rotatable bonds is 7. The van der Waals surface area contributed by atoms with E-state index in [4.69, 9.17) is 9.47 Å². The molecule has 0 bridgehead atoms. The average molecular weight is 237 g/mol. The summed E-state index contributed by atoms with van der Waals surface area (Å²) in [6.07, 6.45) is 2.17. The Bertz CT molecular complexity index is 319. The van der Waals surface area contributed by atoms with E-state index in [2.05, 4.69) is 26.1 Å². The van der Waals surface area contributed by atoms with E-state index in [1.54, 1.807) is 0 Å². The van der Waals surface area contributed by atoms with E-state index in [1.807, 2.05) is 31.3 Å². The van der Waals surface area contributed by atoms with Gasteiger partial charge in [-0.2, -0.15) is 0 Å². The average Bonchev–Trinajstić information content (AvgIpc) is 2.27. The van der Waals surface area contributed by atoms with Gasteiger partial charge in [0.25, 0.3) is 0 Å². The monoisotopic (exact) mass is 237 g/mol. The molecule has 0 saturated carbocycles. The van der Waals surface area contributed by atoms with Crippen LogP contribution in [0.5, 0.6) is 11.5 Å². The summed E-state index contributed by atoms with van der Waals surface area (Å²) in [5.74, 6) is 1.74. The molecular formula is C14H23NO2. The number of hydrogen-bond acceptors (Lipinski definition) is 3. The van der Waals surface area contributed by atoms with Crippen molar-refractivity contribution in [1.29, 1.82) is 0 Å². The molecular weight excluding hydrogens is 214 g/mol. The molecule has 1 N–H and O–H groups in total. The lowest BCUT2D eigenvalue weighted by atomic mass is 10.0. The first kappa shape index (κ1) is 13.8. The van der Waals surface area contributed by atoms with E-state index in [0.29, 0.717) is 6.73 Å². The lowest BCUT2D eigenvalue weighted by Crippen LogP contribution is -2.27. The summed E-state index contributed by atoms with van der Waals surface area (Å²) >= 11 is 0. The van der Waals surface area contributed by atoms with E-state index in [-0.39, 0.29) is 5.60 Å². The molecule has 0 radical (unpaired) electrons. The quantitative estimate of drug-likeness (QED) is 0.739. The zero-order valence-electron chi connectivity index (χ0n) is 11.2. The second kappa shape index (κ2) is 6.50. The van der Waals surface area contributed by atoms with Crippen molar-refractivity contribution in [1.82, 2.24) is 5.32 Å². The molecule has 0 aromatic heterocycles. The molecule has 0 aliphatic rings. The van der Waals surface area contributed by atoms with Crippen LogP contribution in [0.15, 0.2) is 24.3 Å². The van der Waals surface area contributed by atoms with Gasteiger partial charge in [-0.1, -0.05) is 13.3 Å². The van der Waals surface area contributed by atoms with Gasteiger partial charge < -0.3 is 9.47 Å². The summed E-state index contributed by atoms with van der Waals surface area (Å²) < 4.78 is 11.4. The zero-order chi connectivity index (χ0) is 12.7. The van der Waals surface area contributed by atoms with Crippen molar-refractivity contribution >= 4 is 0 Å². The Kier molecular flexibility index (Phi) is 5.29. The molecule has 0 fully saturated rings. The minimum atomic E-state index is -0.109. The van der Waals surface area contributed by atoms with Gasteiger partial charge >= 0.3 is 0 Å². The lowest BCUT2D eigenvalue weighted by molar-refractivity contribution is 0.0984. The maximum absolute atomic E-state index is 5.93. The third kappa shape index (κ3) is 5.09. The Morgan fingerprint density at radius 1 is 1.12 bits per heavy atom. The first-order valence-electron chi connectivity index (χ1n) is 6.14. The maximum Gasteiger partial charge on any atom is 0.139 e. The highest BCUT2D eigenvalue weighted by molar-refractivity contribution is 5.31. The maximum atomic E-state index is 5.93. The van der Waals surface area contributed by atoms with Crippen LogP contribution in [0.25, 0.3) is 0 Å². The highest BCUT2D eigenvalue weighted by Gasteiger charge is 2.18. The fraction of sp³-hybridized carbons (Fsp3) is 0.571. The van der Waals surface area contributed by atoms with Gasteiger partial charge in [-0.3, -0.25) is 5.32 Å². The highest BCUT2D eigenvalue weighted by atomic mass is 16.5. The fourth-order valence-corrected chi connectivity index (χ4v) is 1.73. The third-order valence-electron chi connectivity index (χ3n) is 2.45. The summed E-state index contributed by atoms with van der Waals surface area (Å²) in [6, 6.07) is 7.74. The lowest BCUT2D eigenvalue weighted by Gasteiger charge is -2.26. The molecule has 0 unspecified atom stereocenters. The van der Waals surface area contributed by atoms with Crippen molar-refractivity contribution in [2.24, 2.45) is 0 Å². The van der Waals surface area contributed by atoms with Gasteiger partial charge in [-0.05, 0) is 51.6 Å². The van der Waals surface area contributed by atoms with E-state index >= 15 is 0 Å². The molecule has 0 saturated heterocycles. The molecule has 0 atom stereocenters. The van der Waals surface area contributed by atoms with E-state index in [9.17, 15) is 0 Å². The summed E-state index contributed by atoms with van der Waals surface area (Å²) in [7, 11) is 1.85. The van der Waals surface area contributed by atoms with Crippen LogP contribution in [0, 0.1) is 0 Å². The minimum absolute atomic E-state index is 0.109. The van der Waals surface area contributed by atoms with Crippen LogP contribution >= 0.6 is 0 Å². The van der Waals surface area contributed by atoms with Crippen LogP contribution in [-0.4, -0.2) is 19.4 Å². The van der Waals surface area contributed by atoms with Crippen molar-refractivity contribution in [3.63, 3.8) is 0 Å². The normalized spacial score (nSPS) is 11.3. The van der Waals surface area contributed by atoms with Crippen LogP contribution in [0.1, 0.15) is 33.6 Å². The Morgan fingerprint density at radius 3 is 2.24 bits per heavy atom. The van der Waals surface area contributed by atoms with Gasteiger partial charge in [0, 0.05) is 0 Å². The summed E-state index contributed by atoms with van der Waals surface area (Å²) in [4.78, 5) is 0. The molecule has 0 amide bonds. The highest BCUT2D eigenvalue weighted by Crippen LogP contribution is 2.24. The smallest absolute Gasteiger partial charge is 0.139 e. The van der Waals surface area contributed by atoms with Crippen LogP contribution < -0.4 is 14.8 Å². The third-order valence-corrected chi connectivity index (χ3v) is 2.45. The number of nitrogens with one attached hydrogen (secondary N) is 1. The minimum Gasteiger partial charge on any atom is -0.488 e. The van der Waals surface area contributed by atoms with Crippen molar-refractivity contribution in [2.75, 3.05) is 13.8 Å². The van der Waals surface area contributed by atoms with Crippen LogP contribution in [0.4, 0.5) is 0 Å². The fourth-order valence-electron chi connectivity index (χ4n) is 1.73. The Morgan fingerprint density at radius 2 is 1.71 bits per heavy atom. The number of ether oxygens (including phenoxy) is 2. The SMILES string of the molecule is CCCC(C)(C)Oc1ccc(OCNC)cc1. The first-order chi connectivity index (χ1) is 8.07. The topological polar surface area (TPSA) is 30.5 Å². The molecule has 17 heavy (non-hydrogen) atoms. The molecule has 0 heterocycles. The van der Waals surface area contributed by atoms with Crippen molar-refractivity contribution in [2.45, 2.75) is 39.2 Å². The molecule has 1 rings (SSSR count). The second-order valence-corrected chi connectivity index (χ2v) is 4.73. The zero-order valence-corrected chi connectivity index (χ0v) is 11.2. The van der Waals surface area contributed by atoms with E-state index in [0.717, 1.165) is 24.3 Å². The largest absolute Gasteiger partial charge is 0.488 e. The van der Waals surface area contributed by atoms with Crippen molar-refractivity contribution in [3.05, 3.63) is 24.3 Å². The first-order valence-corrected chi connectivity index (χ1v) is 6.14. The van der Waals surface area contributed by atoms with Crippen molar-refractivity contribution in [3.8, 4) is 11.5 Å². The van der Waals surface area contributed by atoms with Gasteiger partial charge in [0.2, 0.25) is 0 Å². The van der Waals surface area contributed by atoms with Gasteiger partial charge in [-0.25, -0.2) is 0 Å². The van der Waals surface area contributed by atoms with Gasteiger partial charge in [0.05, 0.1) is 0 Å². The summed E-state index contributed by atoms with van der Waals surface area (Å²) in [5.41, 5.74) is -0.109. The second-order valence-electron chi connectivity index (χ2n) is 4.73. The van der Waals surface area contributed by atoms with Crippen LogP contribution in [0.3, 0.4) is 0 Å². The molecule has 3 heteroatoms.